The largest absolute Gasteiger partial charge is 0.465 e. The van der Waals surface area contributed by atoms with Gasteiger partial charge in [-0.15, -0.1) is 0 Å². The summed E-state index contributed by atoms with van der Waals surface area (Å²) in [7, 11) is 1.27. The lowest BCUT2D eigenvalue weighted by atomic mass is 9.93. The Morgan fingerprint density at radius 3 is 2.78 bits per heavy atom. The molecule has 1 aliphatic rings. The number of hydrogen-bond acceptors (Lipinski definition) is 7. The number of methoxy groups -OCH3 is 1. The first-order valence-corrected chi connectivity index (χ1v) is 5.90. The molecule has 0 bridgehead atoms. The molecule has 1 aromatic heterocycles. The van der Waals surface area contributed by atoms with Crippen molar-refractivity contribution >= 4 is 17.7 Å². The number of anilines is 2. The Labute approximate surface area is 104 Å². The van der Waals surface area contributed by atoms with Gasteiger partial charge in [-0.1, -0.05) is 5.16 Å². The highest BCUT2D eigenvalue weighted by Gasteiger charge is 2.26. The maximum absolute atomic E-state index is 11.5. The number of hydrogen-bond donors (Lipinski definition) is 3. The first-order valence-electron chi connectivity index (χ1n) is 5.90. The smallest absolute Gasteiger partial charge is 0.347 e. The van der Waals surface area contributed by atoms with Crippen molar-refractivity contribution in [2.45, 2.75) is 37.8 Å². The average molecular weight is 255 g/mol. The molecule has 0 unspecified atom stereocenters. The van der Waals surface area contributed by atoms with Gasteiger partial charge in [0.1, 0.15) is 0 Å². The van der Waals surface area contributed by atoms with Crippen LogP contribution in [0, 0.1) is 0 Å². The van der Waals surface area contributed by atoms with Crippen LogP contribution in [0.3, 0.4) is 0 Å². The summed E-state index contributed by atoms with van der Waals surface area (Å²) < 4.78 is 9.42. The summed E-state index contributed by atoms with van der Waals surface area (Å²) in [5.41, 5.74) is 5.66. The number of aliphatic hydroxyl groups excluding tert-OH is 1. The molecule has 0 saturated heterocycles. The SMILES string of the molecule is COC(=O)c1c(NC2CCC(O)CC2)noc1N. The number of aromatic nitrogens is 1. The molecule has 1 aliphatic carbocycles. The Morgan fingerprint density at radius 2 is 2.17 bits per heavy atom. The molecule has 18 heavy (non-hydrogen) atoms. The first-order chi connectivity index (χ1) is 8.61. The van der Waals surface area contributed by atoms with E-state index in [9.17, 15) is 9.90 Å². The average Bonchev–Trinajstić information content (AvgIpc) is 2.72. The van der Waals surface area contributed by atoms with Gasteiger partial charge in [-0.3, -0.25) is 0 Å². The van der Waals surface area contributed by atoms with Crippen LogP contribution in [0.5, 0.6) is 0 Å². The van der Waals surface area contributed by atoms with Gasteiger partial charge in [0.15, 0.2) is 11.4 Å². The summed E-state index contributed by atoms with van der Waals surface area (Å²) in [6.45, 7) is 0. The van der Waals surface area contributed by atoms with Gasteiger partial charge in [-0.05, 0) is 25.7 Å². The zero-order valence-corrected chi connectivity index (χ0v) is 10.2. The van der Waals surface area contributed by atoms with E-state index in [0.29, 0.717) is 5.82 Å². The van der Waals surface area contributed by atoms with Crippen LogP contribution in [0.15, 0.2) is 4.52 Å². The molecular weight excluding hydrogens is 238 g/mol. The van der Waals surface area contributed by atoms with Crippen molar-refractivity contribution in [3.63, 3.8) is 0 Å². The van der Waals surface area contributed by atoms with Crippen LogP contribution in [0.4, 0.5) is 11.7 Å². The van der Waals surface area contributed by atoms with Crippen LogP contribution in [-0.4, -0.2) is 35.5 Å². The molecule has 0 aliphatic heterocycles. The van der Waals surface area contributed by atoms with E-state index in [1.54, 1.807) is 0 Å². The Balaban J connectivity index is 2.07. The van der Waals surface area contributed by atoms with E-state index >= 15 is 0 Å². The van der Waals surface area contributed by atoms with Crippen LogP contribution >= 0.6 is 0 Å². The highest BCUT2D eigenvalue weighted by molar-refractivity contribution is 5.98. The molecule has 0 spiro atoms. The second kappa shape index (κ2) is 5.26. The predicted molar refractivity (Wildman–Crippen MR) is 64.1 cm³/mol. The Hall–Kier alpha value is -1.76. The number of nitrogens with one attached hydrogen (secondary N) is 1. The summed E-state index contributed by atoms with van der Waals surface area (Å²) in [6, 6.07) is 0.154. The molecule has 1 fully saturated rings. The molecule has 7 heteroatoms. The molecule has 0 atom stereocenters. The molecule has 4 N–H and O–H groups in total. The second-order valence-corrected chi connectivity index (χ2v) is 4.41. The molecule has 1 saturated carbocycles. The van der Waals surface area contributed by atoms with E-state index in [1.165, 1.54) is 7.11 Å². The number of rotatable bonds is 3. The van der Waals surface area contributed by atoms with Gasteiger partial charge in [-0.2, -0.15) is 0 Å². The van der Waals surface area contributed by atoms with Crippen molar-refractivity contribution in [3.05, 3.63) is 5.56 Å². The van der Waals surface area contributed by atoms with Crippen LogP contribution in [0.2, 0.25) is 0 Å². The van der Waals surface area contributed by atoms with E-state index in [0.717, 1.165) is 25.7 Å². The van der Waals surface area contributed by atoms with Gasteiger partial charge in [0.2, 0.25) is 5.88 Å². The quantitative estimate of drug-likeness (QED) is 0.684. The predicted octanol–water partition coefficient (Wildman–Crippen LogP) is 0.759. The van der Waals surface area contributed by atoms with Gasteiger partial charge < -0.3 is 25.4 Å². The maximum Gasteiger partial charge on any atom is 0.347 e. The van der Waals surface area contributed by atoms with E-state index in [-0.39, 0.29) is 23.6 Å². The van der Waals surface area contributed by atoms with E-state index in [2.05, 4.69) is 15.2 Å². The number of esters is 1. The van der Waals surface area contributed by atoms with Crippen molar-refractivity contribution in [1.82, 2.24) is 5.16 Å². The lowest BCUT2D eigenvalue weighted by molar-refractivity contribution is 0.0602. The summed E-state index contributed by atoms with van der Waals surface area (Å²) in [6.07, 6.45) is 2.87. The highest BCUT2D eigenvalue weighted by atomic mass is 16.5. The fraction of sp³-hybridized carbons (Fsp3) is 0.636. The van der Waals surface area contributed by atoms with Gasteiger partial charge in [0.25, 0.3) is 0 Å². The molecule has 2 rings (SSSR count). The van der Waals surface area contributed by atoms with Crippen LogP contribution in [0.1, 0.15) is 36.0 Å². The number of nitrogens with zero attached hydrogens (tertiary/aromatic N) is 1. The number of nitrogen functional groups attached to an aromatic ring is 1. The minimum atomic E-state index is -0.577. The molecule has 100 valence electrons. The first kappa shape index (κ1) is 12.7. The topological polar surface area (TPSA) is 111 Å². The lowest BCUT2D eigenvalue weighted by Gasteiger charge is -2.26. The number of aliphatic hydroxyl groups is 1. The van der Waals surface area contributed by atoms with Gasteiger partial charge in [0.05, 0.1) is 13.2 Å². The van der Waals surface area contributed by atoms with Crippen molar-refractivity contribution in [3.8, 4) is 0 Å². The van der Waals surface area contributed by atoms with E-state index in [4.69, 9.17) is 10.3 Å². The van der Waals surface area contributed by atoms with Gasteiger partial charge in [0, 0.05) is 6.04 Å². The summed E-state index contributed by atoms with van der Waals surface area (Å²) in [4.78, 5) is 11.5. The fourth-order valence-corrected chi connectivity index (χ4v) is 2.11. The number of carbonyl (C=O) groups excluding carboxylic acids is 1. The van der Waals surface area contributed by atoms with Crippen molar-refractivity contribution in [2.75, 3.05) is 18.2 Å². The van der Waals surface area contributed by atoms with Crippen LogP contribution in [0.25, 0.3) is 0 Å². The summed E-state index contributed by atoms with van der Waals surface area (Å²) >= 11 is 0. The van der Waals surface area contributed by atoms with Crippen LogP contribution in [-0.2, 0) is 4.74 Å². The summed E-state index contributed by atoms with van der Waals surface area (Å²) in [5.74, 6) is -0.326. The zero-order chi connectivity index (χ0) is 13.1. The van der Waals surface area contributed by atoms with Gasteiger partial charge >= 0.3 is 5.97 Å². The van der Waals surface area contributed by atoms with E-state index in [1.807, 2.05) is 0 Å². The Bertz CT molecular complexity index is 424. The summed E-state index contributed by atoms with van der Waals surface area (Å²) in [5, 5.41) is 16.3. The minimum absolute atomic E-state index is 0.0554. The molecular formula is C11H17N3O4. The standard InChI is InChI=1S/C11H17N3O4/c1-17-11(16)8-9(12)18-14-10(8)13-6-2-4-7(15)5-3-6/h6-7,15H,2-5,12H2,1H3,(H,13,14). The molecule has 7 nitrogen and oxygen atoms in total. The molecule has 0 radical (unpaired) electrons. The molecule has 1 heterocycles. The molecule has 0 aromatic carbocycles. The Kier molecular flexibility index (Phi) is 3.71. The Morgan fingerprint density at radius 1 is 1.50 bits per heavy atom. The third kappa shape index (κ3) is 2.56. The van der Waals surface area contributed by atoms with E-state index < -0.39 is 5.97 Å². The van der Waals surface area contributed by atoms with Crippen molar-refractivity contribution < 1.29 is 19.2 Å². The third-order valence-corrected chi connectivity index (χ3v) is 3.15. The number of ether oxygens (including phenoxy) is 1. The normalized spacial score (nSPS) is 23.7. The zero-order valence-electron chi connectivity index (χ0n) is 10.2. The van der Waals surface area contributed by atoms with Crippen molar-refractivity contribution in [1.29, 1.82) is 0 Å². The second-order valence-electron chi connectivity index (χ2n) is 4.41. The van der Waals surface area contributed by atoms with Crippen molar-refractivity contribution in [2.24, 2.45) is 0 Å². The molecule has 1 aromatic rings. The van der Waals surface area contributed by atoms with Gasteiger partial charge in [-0.25, -0.2) is 4.79 Å². The number of carbonyl (C=O) groups is 1. The lowest BCUT2D eigenvalue weighted by Crippen LogP contribution is -2.29. The molecule has 0 amide bonds. The number of nitrogens with two attached hydrogens (primary N) is 1. The maximum atomic E-state index is 11.5. The fourth-order valence-electron chi connectivity index (χ4n) is 2.11. The third-order valence-electron chi connectivity index (χ3n) is 3.15. The highest BCUT2D eigenvalue weighted by Crippen LogP contribution is 2.26. The minimum Gasteiger partial charge on any atom is -0.465 e. The monoisotopic (exact) mass is 255 g/mol. The van der Waals surface area contributed by atoms with Crippen LogP contribution < -0.4 is 11.1 Å².